The molecule has 0 aromatic heterocycles. The smallest absolute Gasteiger partial charge is 0.227 e. The predicted molar refractivity (Wildman–Crippen MR) is 111 cm³/mol. The highest BCUT2D eigenvalue weighted by molar-refractivity contribution is 6.25. The molecule has 0 aromatic carbocycles. The van der Waals surface area contributed by atoms with Crippen LogP contribution < -0.4 is 0 Å². The minimum absolute atomic E-state index is 0.0698. The van der Waals surface area contributed by atoms with E-state index in [1.54, 1.807) is 0 Å². The fraction of sp³-hybridized carbons (Fsp3) is 0.895. The molecule has 1 aliphatic heterocycles. The molecule has 0 bridgehead atoms. The van der Waals surface area contributed by atoms with Crippen molar-refractivity contribution >= 4 is 58.2 Å². The SMILES string of the molecule is O=C(C1CCC(Cl)CC1Cl)N1CCCN(C(=O)C2CCC(Cl)CC2Cl)CC1. The molecule has 2 amide bonds. The molecule has 8 heteroatoms. The van der Waals surface area contributed by atoms with Gasteiger partial charge in [0.05, 0.1) is 11.8 Å². The van der Waals surface area contributed by atoms with Crippen molar-refractivity contribution in [2.45, 2.75) is 66.5 Å². The van der Waals surface area contributed by atoms with Crippen molar-refractivity contribution in [3.05, 3.63) is 0 Å². The molecule has 0 radical (unpaired) electrons. The van der Waals surface area contributed by atoms with Crippen LogP contribution in [0.3, 0.4) is 0 Å². The normalized spacial score (nSPS) is 38.4. The van der Waals surface area contributed by atoms with Crippen LogP contribution >= 0.6 is 46.4 Å². The van der Waals surface area contributed by atoms with Crippen molar-refractivity contribution in [1.82, 2.24) is 9.80 Å². The molecule has 3 fully saturated rings. The zero-order chi connectivity index (χ0) is 19.6. The maximum absolute atomic E-state index is 12.9. The first kappa shape index (κ1) is 21.8. The Bertz CT molecular complexity index is 504. The molecule has 0 spiro atoms. The fourth-order valence-corrected chi connectivity index (χ4v) is 6.23. The van der Waals surface area contributed by atoms with E-state index in [0.29, 0.717) is 39.0 Å². The predicted octanol–water partition coefficient (Wildman–Crippen LogP) is 4.08. The van der Waals surface area contributed by atoms with Gasteiger partial charge in [0, 0.05) is 47.7 Å². The second-order valence-electron chi connectivity index (χ2n) is 8.07. The van der Waals surface area contributed by atoms with Crippen molar-refractivity contribution in [2.75, 3.05) is 26.2 Å². The van der Waals surface area contributed by atoms with E-state index in [9.17, 15) is 9.59 Å². The Balaban J connectivity index is 1.55. The van der Waals surface area contributed by atoms with Gasteiger partial charge in [0.2, 0.25) is 11.8 Å². The van der Waals surface area contributed by atoms with Crippen LogP contribution in [0.25, 0.3) is 0 Å². The lowest BCUT2D eigenvalue weighted by Gasteiger charge is -2.34. The zero-order valence-electron chi connectivity index (χ0n) is 15.5. The van der Waals surface area contributed by atoms with Crippen LogP contribution in [-0.2, 0) is 9.59 Å². The van der Waals surface area contributed by atoms with Crippen LogP contribution in [0, 0.1) is 11.8 Å². The first-order chi connectivity index (χ1) is 12.9. The molecule has 4 nitrogen and oxygen atoms in total. The highest BCUT2D eigenvalue weighted by Gasteiger charge is 2.38. The quantitative estimate of drug-likeness (QED) is 0.586. The molecule has 27 heavy (non-hydrogen) atoms. The second-order valence-corrected chi connectivity index (χ2v) is 10.4. The van der Waals surface area contributed by atoms with Gasteiger partial charge in [-0.2, -0.15) is 0 Å². The summed E-state index contributed by atoms with van der Waals surface area (Å²) in [5.41, 5.74) is 0. The summed E-state index contributed by atoms with van der Waals surface area (Å²) in [4.78, 5) is 29.7. The molecule has 2 saturated carbocycles. The van der Waals surface area contributed by atoms with Gasteiger partial charge in [-0.25, -0.2) is 0 Å². The second kappa shape index (κ2) is 9.73. The fourth-order valence-electron chi connectivity index (χ4n) is 4.52. The standard InChI is InChI=1S/C19H28Cl4N2O2/c20-12-2-4-14(16(22)10-12)18(26)24-6-1-7-25(9-8-24)19(27)15-5-3-13(21)11-17(15)23/h12-17H,1-11H2. The minimum Gasteiger partial charge on any atom is -0.341 e. The van der Waals surface area contributed by atoms with Crippen LogP contribution in [-0.4, -0.2) is 69.3 Å². The molecule has 6 atom stereocenters. The third-order valence-electron chi connectivity index (χ3n) is 6.17. The third-order valence-corrected chi connectivity index (χ3v) is 7.93. The first-order valence-electron chi connectivity index (χ1n) is 10.0. The van der Waals surface area contributed by atoms with Gasteiger partial charge in [0.25, 0.3) is 0 Å². The van der Waals surface area contributed by atoms with Crippen LogP contribution in [0.5, 0.6) is 0 Å². The van der Waals surface area contributed by atoms with Gasteiger partial charge in [-0.1, -0.05) is 0 Å². The molecule has 3 rings (SSSR count). The van der Waals surface area contributed by atoms with E-state index in [1.165, 1.54) is 0 Å². The molecular formula is C19H28Cl4N2O2. The third kappa shape index (κ3) is 5.38. The topological polar surface area (TPSA) is 40.6 Å². The average Bonchev–Trinajstić information content (AvgIpc) is 2.87. The number of hydrogen-bond acceptors (Lipinski definition) is 2. The van der Waals surface area contributed by atoms with Crippen LogP contribution in [0.4, 0.5) is 0 Å². The Morgan fingerprint density at radius 1 is 0.630 bits per heavy atom. The summed E-state index contributed by atoms with van der Waals surface area (Å²) in [6, 6.07) is 0. The molecule has 154 valence electrons. The van der Waals surface area contributed by atoms with Crippen LogP contribution in [0.1, 0.15) is 44.9 Å². The molecule has 3 aliphatic rings. The zero-order valence-corrected chi connectivity index (χ0v) is 18.5. The molecule has 0 aromatic rings. The molecule has 0 N–H and O–H groups in total. The molecule has 6 unspecified atom stereocenters. The Morgan fingerprint density at radius 3 is 1.41 bits per heavy atom. The lowest BCUT2D eigenvalue weighted by Crippen LogP contribution is -2.46. The van der Waals surface area contributed by atoms with Crippen molar-refractivity contribution in [3.63, 3.8) is 0 Å². The van der Waals surface area contributed by atoms with E-state index in [-0.39, 0.29) is 45.2 Å². The number of amides is 2. The molecule has 1 heterocycles. The lowest BCUT2D eigenvalue weighted by atomic mass is 9.87. The Labute approximate surface area is 181 Å². The van der Waals surface area contributed by atoms with Gasteiger partial charge >= 0.3 is 0 Å². The monoisotopic (exact) mass is 456 g/mol. The van der Waals surface area contributed by atoms with Gasteiger partial charge in [-0.15, -0.1) is 46.4 Å². The number of nitrogens with zero attached hydrogens (tertiary/aromatic N) is 2. The molecular weight excluding hydrogens is 430 g/mol. The summed E-state index contributed by atoms with van der Waals surface area (Å²) in [6.07, 6.45) is 5.30. The highest BCUT2D eigenvalue weighted by atomic mass is 35.5. The van der Waals surface area contributed by atoms with Crippen LogP contribution in [0.15, 0.2) is 0 Å². The van der Waals surface area contributed by atoms with Gasteiger partial charge in [0.15, 0.2) is 0 Å². The van der Waals surface area contributed by atoms with Crippen molar-refractivity contribution in [2.24, 2.45) is 11.8 Å². The number of halogens is 4. The Kier molecular flexibility index (Phi) is 7.86. The van der Waals surface area contributed by atoms with Crippen LogP contribution in [0.2, 0.25) is 0 Å². The number of hydrogen-bond donors (Lipinski definition) is 0. The Morgan fingerprint density at radius 2 is 1.04 bits per heavy atom. The Hall–Kier alpha value is 0.1000. The van der Waals surface area contributed by atoms with E-state index in [1.807, 2.05) is 9.80 Å². The summed E-state index contributed by atoms with van der Waals surface area (Å²) in [7, 11) is 0. The maximum Gasteiger partial charge on any atom is 0.227 e. The summed E-state index contributed by atoms with van der Waals surface area (Å²) in [5, 5.41) is -0.254. The summed E-state index contributed by atoms with van der Waals surface area (Å²) in [5.74, 6) is -0.0817. The average molecular weight is 458 g/mol. The van der Waals surface area contributed by atoms with Gasteiger partial charge < -0.3 is 9.80 Å². The number of carbonyl (C=O) groups is 2. The van der Waals surface area contributed by atoms with E-state index in [0.717, 1.165) is 32.1 Å². The summed E-state index contributed by atoms with van der Waals surface area (Å²) < 4.78 is 0. The van der Waals surface area contributed by atoms with Gasteiger partial charge in [-0.3, -0.25) is 9.59 Å². The summed E-state index contributed by atoms with van der Waals surface area (Å²) >= 11 is 25.2. The van der Waals surface area contributed by atoms with Crippen molar-refractivity contribution < 1.29 is 9.59 Å². The number of rotatable bonds is 2. The highest BCUT2D eigenvalue weighted by Crippen LogP contribution is 2.34. The van der Waals surface area contributed by atoms with E-state index >= 15 is 0 Å². The van der Waals surface area contributed by atoms with Crippen molar-refractivity contribution in [3.8, 4) is 0 Å². The first-order valence-corrected chi connectivity index (χ1v) is 11.7. The van der Waals surface area contributed by atoms with E-state index in [4.69, 9.17) is 46.4 Å². The number of alkyl halides is 4. The lowest BCUT2D eigenvalue weighted by molar-refractivity contribution is -0.138. The van der Waals surface area contributed by atoms with Gasteiger partial charge in [-0.05, 0) is 44.9 Å². The number of carbonyl (C=O) groups excluding carboxylic acids is 2. The maximum atomic E-state index is 12.9. The van der Waals surface area contributed by atoms with E-state index in [2.05, 4.69) is 0 Å². The molecule has 2 aliphatic carbocycles. The molecule has 1 saturated heterocycles. The van der Waals surface area contributed by atoms with Crippen molar-refractivity contribution in [1.29, 1.82) is 0 Å². The summed E-state index contributed by atoms with van der Waals surface area (Å²) in [6.45, 7) is 2.47. The minimum atomic E-state index is -0.197. The van der Waals surface area contributed by atoms with E-state index < -0.39 is 0 Å². The van der Waals surface area contributed by atoms with Gasteiger partial charge in [0.1, 0.15) is 0 Å². The largest absolute Gasteiger partial charge is 0.341 e.